The number of hydrogen-bond donors (Lipinski definition) is 0. The molecule has 0 aromatic heterocycles. The van der Waals surface area contributed by atoms with E-state index in [0.717, 1.165) is 21.8 Å². The van der Waals surface area contributed by atoms with Crippen molar-refractivity contribution in [3.8, 4) is 0 Å². The standard InChI is InChI=1S/C7H14OSi/c1-5(2)6(3)7(4)8-9/h1H2,2-4,9H3. The summed E-state index contributed by atoms with van der Waals surface area (Å²) in [5, 5.41) is 0. The second-order valence-corrected chi connectivity index (χ2v) is 2.57. The van der Waals surface area contributed by atoms with Crippen molar-refractivity contribution in [2.75, 3.05) is 0 Å². The molecule has 0 N–H and O–H groups in total. The maximum absolute atomic E-state index is 5.13. The van der Waals surface area contributed by atoms with E-state index in [1.807, 2.05) is 20.8 Å². The van der Waals surface area contributed by atoms with E-state index in [4.69, 9.17) is 4.43 Å². The maximum Gasteiger partial charge on any atom is 0.203 e. The summed E-state index contributed by atoms with van der Waals surface area (Å²) in [6, 6.07) is 0. The van der Waals surface area contributed by atoms with Crippen LogP contribution in [-0.4, -0.2) is 10.5 Å². The predicted octanol–water partition coefficient (Wildman–Crippen LogP) is 1.15. The minimum atomic E-state index is 0.768. The van der Waals surface area contributed by atoms with Crippen LogP contribution in [0.2, 0.25) is 0 Å². The van der Waals surface area contributed by atoms with E-state index in [2.05, 4.69) is 6.58 Å². The lowest BCUT2D eigenvalue weighted by Crippen LogP contribution is -1.87. The van der Waals surface area contributed by atoms with Crippen molar-refractivity contribution in [1.82, 2.24) is 0 Å². The van der Waals surface area contributed by atoms with Gasteiger partial charge in [-0.05, 0) is 26.3 Å². The molecule has 0 aromatic rings. The average Bonchev–Trinajstić information content (AvgIpc) is 1.84. The second-order valence-electron chi connectivity index (χ2n) is 2.17. The first-order valence-corrected chi connectivity index (χ1v) is 3.78. The van der Waals surface area contributed by atoms with Crippen LogP contribution in [0.15, 0.2) is 23.5 Å². The van der Waals surface area contributed by atoms with Crippen LogP contribution in [0.4, 0.5) is 0 Å². The zero-order valence-corrected chi connectivity index (χ0v) is 8.62. The second kappa shape index (κ2) is 3.51. The van der Waals surface area contributed by atoms with Gasteiger partial charge in [0.15, 0.2) is 0 Å². The van der Waals surface area contributed by atoms with E-state index in [0.29, 0.717) is 0 Å². The molecule has 52 valence electrons. The van der Waals surface area contributed by atoms with Gasteiger partial charge in [-0.25, -0.2) is 0 Å². The first-order valence-electron chi connectivity index (χ1n) is 2.97. The van der Waals surface area contributed by atoms with Gasteiger partial charge < -0.3 is 4.43 Å². The molecule has 0 amide bonds. The zero-order valence-electron chi connectivity index (χ0n) is 6.62. The Hall–Kier alpha value is -0.503. The predicted molar refractivity (Wildman–Crippen MR) is 44.2 cm³/mol. The summed E-state index contributed by atoms with van der Waals surface area (Å²) in [6.07, 6.45) is 0. The van der Waals surface area contributed by atoms with Gasteiger partial charge >= 0.3 is 0 Å². The topological polar surface area (TPSA) is 9.23 Å². The third kappa shape index (κ3) is 2.51. The van der Waals surface area contributed by atoms with Crippen LogP contribution < -0.4 is 0 Å². The van der Waals surface area contributed by atoms with Crippen molar-refractivity contribution in [3.05, 3.63) is 23.5 Å². The highest BCUT2D eigenvalue weighted by atomic mass is 28.2. The molecule has 0 saturated carbocycles. The Bertz CT molecular complexity index is 147. The Morgan fingerprint density at radius 1 is 1.33 bits per heavy atom. The lowest BCUT2D eigenvalue weighted by Gasteiger charge is -2.05. The molecule has 0 radical (unpaired) electrons. The Kier molecular flexibility index (Phi) is 3.31. The molecule has 0 heterocycles. The first kappa shape index (κ1) is 8.50. The summed E-state index contributed by atoms with van der Waals surface area (Å²) in [7, 11) is 0.768. The van der Waals surface area contributed by atoms with E-state index in [1.165, 1.54) is 5.57 Å². The normalized spacial score (nSPS) is 12.8. The smallest absolute Gasteiger partial charge is 0.203 e. The summed E-state index contributed by atoms with van der Waals surface area (Å²) < 4.78 is 5.13. The van der Waals surface area contributed by atoms with Gasteiger partial charge in [-0.15, -0.1) is 0 Å². The summed E-state index contributed by atoms with van der Waals surface area (Å²) in [6.45, 7) is 9.78. The fourth-order valence-electron chi connectivity index (χ4n) is 0.454. The van der Waals surface area contributed by atoms with Crippen LogP contribution in [0.3, 0.4) is 0 Å². The van der Waals surface area contributed by atoms with Gasteiger partial charge in [0.2, 0.25) is 10.5 Å². The molecule has 0 unspecified atom stereocenters. The largest absolute Gasteiger partial charge is 0.556 e. The lowest BCUT2D eigenvalue weighted by molar-refractivity contribution is 0.466. The van der Waals surface area contributed by atoms with Gasteiger partial charge in [0.25, 0.3) is 0 Å². The first-order chi connectivity index (χ1) is 4.09. The number of rotatable bonds is 2. The van der Waals surface area contributed by atoms with Gasteiger partial charge in [-0.2, -0.15) is 0 Å². The molecule has 0 atom stereocenters. The monoisotopic (exact) mass is 142 g/mol. The molecule has 1 nitrogen and oxygen atoms in total. The lowest BCUT2D eigenvalue weighted by atomic mass is 10.1. The Balaban J connectivity index is 4.28. The van der Waals surface area contributed by atoms with E-state index >= 15 is 0 Å². The number of hydrogen-bond acceptors (Lipinski definition) is 1. The molecule has 0 aliphatic rings. The molecule has 0 fully saturated rings. The molecule has 0 bridgehead atoms. The molecule has 0 aliphatic carbocycles. The van der Waals surface area contributed by atoms with Gasteiger partial charge in [-0.1, -0.05) is 12.2 Å². The van der Waals surface area contributed by atoms with Gasteiger partial charge in [0, 0.05) is 0 Å². The quantitative estimate of drug-likeness (QED) is 0.319. The Labute approximate surface area is 60.0 Å². The van der Waals surface area contributed by atoms with Crippen molar-refractivity contribution in [2.45, 2.75) is 20.8 Å². The molecule has 0 rings (SSSR count). The highest BCUT2D eigenvalue weighted by molar-refractivity contribution is 5.98. The van der Waals surface area contributed by atoms with Gasteiger partial charge in [0.1, 0.15) is 0 Å². The maximum atomic E-state index is 5.13. The molecular weight excluding hydrogens is 128 g/mol. The molecule has 0 spiro atoms. The molecule has 0 aliphatic heterocycles. The van der Waals surface area contributed by atoms with Crippen LogP contribution in [0, 0.1) is 0 Å². The summed E-state index contributed by atoms with van der Waals surface area (Å²) in [5.74, 6) is 1.01. The van der Waals surface area contributed by atoms with Crippen molar-refractivity contribution in [3.63, 3.8) is 0 Å². The Morgan fingerprint density at radius 3 is 1.89 bits per heavy atom. The highest BCUT2D eigenvalue weighted by Crippen LogP contribution is 2.10. The highest BCUT2D eigenvalue weighted by Gasteiger charge is 1.93. The summed E-state index contributed by atoms with van der Waals surface area (Å²) in [5.41, 5.74) is 2.26. The van der Waals surface area contributed by atoms with Crippen molar-refractivity contribution in [1.29, 1.82) is 0 Å². The summed E-state index contributed by atoms with van der Waals surface area (Å²) >= 11 is 0. The fraction of sp³-hybridized carbons (Fsp3) is 0.429. The fourth-order valence-corrected chi connectivity index (χ4v) is 0.760. The minimum absolute atomic E-state index is 0.768. The van der Waals surface area contributed by atoms with E-state index in [1.54, 1.807) is 0 Å². The molecule has 0 saturated heterocycles. The van der Waals surface area contributed by atoms with E-state index < -0.39 is 0 Å². The van der Waals surface area contributed by atoms with Crippen molar-refractivity contribution < 1.29 is 4.43 Å². The molecular formula is C7H14OSi. The molecule has 9 heavy (non-hydrogen) atoms. The van der Waals surface area contributed by atoms with Gasteiger partial charge in [0.05, 0.1) is 5.76 Å². The van der Waals surface area contributed by atoms with E-state index in [-0.39, 0.29) is 0 Å². The van der Waals surface area contributed by atoms with Crippen LogP contribution >= 0.6 is 0 Å². The Morgan fingerprint density at radius 2 is 1.78 bits per heavy atom. The van der Waals surface area contributed by atoms with E-state index in [9.17, 15) is 0 Å². The SMILES string of the molecule is C=C(C)C(C)=C(C)O[SiH3]. The van der Waals surface area contributed by atoms with Crippen LogP contribution in [0.5, 0.6) is 0 Å². The van der Waals surface area contributed by atoms with Crippen molar-refractivity contribution in [2.24, 2.45) is 0 Å². The zero-order chi connectivity index (χ0) is 7.44. The molecule has 2 heteroatoms. The van der Waals surface area contributed by atoms with Gasteiger partial charge in [-0.3, -0.25) is 0 Å². The van der Waals surface area contributed by atoms with Crippen LogP contribution in [-0.2, 0) is 4.43 Å². The summed E-state index contributed by atoms with van der Waals surface area (Å²) in [4.78, 5) is 0. The minimum Gasteiger partial charge on any atom is -0.556 e. The number of allylic oxidation sites excluding steroid dienone is 3. The molecule has 0 aromatic carbocycles. The third-order valence-corrected chi connectivity index (χ3v) is 2.09. The van der Waals surface area contributed by atoms with Crippen LogP contribution in [0.1, 0.15) is 20.8 Å². The van der Waals surface area contributed by atoms with Crippen molar-refractivity contribution >= 4 is 10.5 Å². The van der Waals surface area contributed by atoms with Crippen LogP contribution in [0.25, 0.3) is 0 Å². The average molecular weight is 142 g/mol. The third-order valence-electron chi connectivity index (χ3n) is 1.47.